The lowest BCUT2D eigenvalue weighted by Crippen LogP contribution is -2.18. The van der Waals surface area contributed by atoms with E-state index in [2.05, 4.69) is 10.1 Å². The smallest absolute Gasteiger partial charge is 0.339 e. The van der Waals surface area contributed by atoms with Gasteiger partial charge in [-0.1, -0.05) is 0 Å². The number of carbonyl (C=O) groups excluding carboxylic acids is 2. The molecule has 0 bridgehead atoms. The number of hydrogen-bond donors (Lipinski definition) is 1. The quantitative estimate of drug-likeness (QED) is 0.583. The van der Waals surface area contributed by atoms with E-state index in [4.69, 9.17) is 0 Å². The average Bonchev–Trinajstić information content (AvgIpc) is 2.36. The normalized spacial score (nSPS) is 13.1. The Morgan fingerprint density at radius 1 is 1.41 bits per heavy atom. The van der Waals surface area contributed by atoms with Crippen molar-refractivity contribution in [2.24, 2.45) is 0 Å². The number of carbonyl (C=O) groups is 1. The highest BCUT2D eigenvalue weighted by atomic mass is 19.1. The molecule has 0 unspecified atom stereocenters. The Bertz CT molecular complexity index is 571. The van der Waals surface area contributed by atoms with Crippen molar-refractivity contribution in [2.45, 2.75) is 0 Å². The Kier molecular flexibility index (Phi) is 2.77. The number of rotatable bonds is 1. The summed E-state index contributed by atoms with van der Waals surface area (Å²) in [6.07, 6.45) is 1.30. The summed E-state index contributed by atoms with van der Waals surface area (Å²) in [5, 5.41) is 2.62. The fourth-order valence-corrected chi connectivity index (χ4v) is 1.62. The predicted octanol–water partition coefficient (Wildman–Crippen LogP) is 1.12. The maximum atomic E-state index is 13.2. The highest BCUT2D eigenvalue weighted by Crippen LogP contribution is 2.28. The van der Waals surface area contributed by atoms with Gasteiger partial charge in [-0.15, -0.1) is 0 Å². The number of methoxy groups -OCH3 is 1. The van der Waals surface area contributed by atoms with Crippen LogP contribution in [0.4, 0.5) is 4.39 Å². The Hall–Kier alpha value is -2.39. The van der Waals surface area contributed by atoms with E-state index in [1.165, 1.54) is 31.5 Å². The van der Waals surface area contributed by atoms with Crippen LogP contribution in [-0.2, 0) is 14.3 Å². The summed E-state index contributed by atoms with van der Waals surface area (Å²) in [4.78, 5) is 22.2. The van der Waals surface area contributed by atoms with Crippen LogP contribution in [-0.4, -0.2) is 19.0 Å². The van der Waals surface area contributed by atoms with Crippen LogP contribution in [0.3, 0.4) is 0 Å². The molecule has 1 heterocycles. The van der Waals surface area contributed by atoms with E-state index in [1.807, 2.05) is 0 Å². The third kappa shape index (κ3) is 1.84. The second-order valence-electron chi connectivity index (χ2n) is 3.36. The molecule has 1 aromatic rings. The van der Waals surface area contributed by atoms with Crippen molar-refractivity contribution in [3.05, 3.63) is 41.3 Å². The summed E-state index contributed by atoms with van der Waals surface area (Å²) < 4.78 is 17.7. The molecule has 0 atom stereocenters. The molecule has 0 saturated heterocycles. The van der Waals surface area contributed by atoms with E-state index in [0.717, 1.165) is 0 Å². The standard InChI is InChI=1S/C12H8FNO3/c1-17-12(16)10-5-14-11(6-15)8-3-2-7(13)4-9(8)10/h2-5,14H,1H3. The summed E-state index contributed by atoms with van der Waals surface area (Å²) in [7, 11) is 1.23. The van der Waals surface area contributed by atoms with Gasteiger partial charge >= 0.3 is 5.97 Å². The second-order valence-corrected chi connectivity index (χ2v) is 3.36. The van der Waals surface area contributed by atoms with E-state index >= 15 is 0 Å². The molecule has 1 aliphatic heterocycles. The molecule has 17 heavy (non-hydrogen) atoms. The zero-order valence-corrected chi connectivity index (χ0v) is 8.91. The first-order chi connectivity index (χ1) is 8.17. The molecule has 1 aromatic carbocycles. The molecule has 4 nitrogen and oxygen atoms in total. The lowest BCUT2D eigenvalue weighted by Gasteiger charge is -2.17. The van der Waals surface area contributed by atoms with E-state index in [0.29, 0.717) is 11.1 Å². The van der Waals surface area contributed by atoms with E-state index < -0.39 is 11.8 Å². The van der Waals surface area contributed by atoms with Gasteiger partial charge in [0.05, 0.1) is 12.7 Å². The SMILES string of the molecule is COC(=O)C1=CNC(=C=O)c2ccc(F)cc21. The molecule has 86 valence electrons. The first-order valence-corrected chi connectivity index (χ1v) is 4.77. The molecule has 0 amide bonds. The topological polar surface area (TPSA) is 55.4 Å². The van der Waals surface area contributed by atoms with Gasteiger partial charge in [-0.05, 0) is 18.2 Å². The number of hydrogen-bond acceptors (Lipinski definition) is 4. The molecule has 0 aliphatic carbocycles. The molecule has 0 saturated carbocycles. The molecule has 0 fully saturated rings. The summed E-state index contributed by atoms with van der Waals surface area (Å²) in [6, 6.07) is 3.79. The second kappa shape index (κ2) is 4.23. The van der Waals surface area contributed by atoms with Crippen LogP contribution in [0.5, 0.6) is 0 Å². The van der Waals surface area contributed by atoms with Gasteiger partial charge in [0.1, 0.15) is 11.5 Å². The minimum Gasteiger partial charge on any atom is -0.465 e. The maximum absolute atomic E-state index is 13.2. The summed E-state index contributed by atoms with van der Waals surface area (Å²) in [5.41, 5.74) is 1.06. The van der Waals surface area contributed by atoms with E-state index in [1.54, 1.807) is 5.94 Å². The molecule has 0 aromatic heterocycles. The molecule has 0 radical (unpaired) electrons. The number of nitrogens with one attached hydrogen (secondary N) is 1. The number of benzene rings is 1. The summed E-state index contributed by atoms with van der Waals surface area (Å²) >= 11 is 0. The summed E-state index contributed by atoms with van der Waals surface area (Å²) in [6.45, 7) is 0. The van der Waals surface area contributed by atoms with E-state index in [9.17, 15) is 14.0 Å². The number of fused-ring (bicyclic) bond motifs is 1. The van der Waals surface area contributed by atoms with Crippen molar-refractivity contribution < 1.29 is 18.7 Å². The zero-order chi connectivity index (χ0) is 12.4. The highest BCUT2D eigenvalue weighted by molar-refractivity contribution is 6.19. The fourth-order valence-electron chi connectivity index (χ4n) is 1.62. The van der Waals surface area contributed by atoms with Gasteiger partial charge in [0.2, 0.25) is 0 Å². The van der Waals surface area contributed by atoms with Gasteiger partial charge in [0, 0.05) is 17.3 Å². The van der Waals surface area contributed by atoms with Crippen LogP contribution in [0.1, 0.15) is 11.1 Å². The minimum absolute atomic E-state index is 0.160. The lowest BCUT2D eigenvalue weighted by atomic mass is 9.95. The molecular weight excluding hydrogens is 225 g/mol. The number of halogens is 1. The molecular formula is C12H8FNO3. The van der Waals surface area contributed by atoms with Gasteiger partial charge in [0.25, 0.3) is 0 Å². The van der Waals surface area contributed by atoms with Crippen molar-refractivity contribution >= 4 is 23.2 Å². The Morgan fingerprint density at radius 2 is 2.18 bits per heavy atom. The van der Waals surface area contributed by atoms with E-state index in [-0.39, 0.29) is 11.3 Å². The Morgan fingerprint density at radius 3 is 2.82 bits per heavy atom. The van der Waals surface area contributed by atoms with Crippen molar-refractivity contribution in [1.82, 2.24) is 5.32 Å². The predicted molar refractivity (Wildman–Crippen MR) is 58.6 cm³/mol. The monoisotopic (exact) mass is 233 g/mol. The van der Waals surface area contributed by atoms with Crippen LogP contribution in [0.2, 0.25) is 0 Å². The molecule has 5 heteroatoms. The third-order valence-corrected chi connectivity index (χ3v) is 2.41. The maximum Gasteiger partial charge on any atom is 0.339 e. The molecule has 2 rings (SSSR count). The minimum atomic E-state index is -0.603. The first kappa shape index (κ1) is 11.1. The largest absolute Gasteiger partial charge is 0.465 e. The Labute approximate surface area is 96.4 Å². The lowest BCUT2D eigenvalue weighted by molar-refractivity contribution is -0.133. The first-order valence-electron chi connectivity index (χ1n) is 4.77. The van der Waals surface area contributed by atoms with Crippen LogP contribution < -0.4 is 5.32 Å². The van der Waals surface area contributed by atoms with Gasteiger partial charge in [-0.3, -0.25) is 0 Å². The summed E-state index contributed by atoms with van der Waals surface area (Å²) in [5.74, 6) is 0.596. The van der Waals surface area contributed by atoms with Crippen molar-refractivity contribution in [3.8, 4) is 0 Å². The van der Waals surface area contributed by atoms with Crippen LogP contribution in [0, 0.1) is 5.82 Å². The molecule has 0 spiro atoms. The van der Waals surface area contributed by atoms with Crippen LogP contribution >= 0.6 is 0 Å². The molecule has 1 N–H and O–H groups in total. The van der Waals surface area contributed by atoms with Crippen molar-refractivity contribution in [2.75, 3.05) is 7.11 Å². The Balaban J connectivity index is 2.64. The fraction of sp³-hybridized carbons (Fsp3) is 0.0833. The van der Waals surface area contributed by atoms with Crippen molar-refractivity contribution in [1.29, 1.82) is 0 Å². The van der Waals surface area contributed by atoms with Gasteiger partial charge in [-0.2, -0.15) is 0 Å². The third-order valence-electron chi connectivity index (χ3n) is 2.41. The molecule has 1 aliphatic rings. The average molecular weight is 233 g/mol. The number of ether oxygens (including phenoxy) is 1. The highest BCUT2D eigenvalue weighted by Gasteiger charge is 2.23. The van der Waals surface area contributed by atoms with Gasteiger partial charge in [0.15, 0.2) is 5.94 Å². The van der Waals surface area contributed by atoms with Crippen molar-refractivity contribution in [3.63, 3.8) is 0 Å². The zero-order valence-electron chi connectivity index (χ0n) is 8.91. The van der Waals surface area contributed by atoms with Gasteiger partial charge < -0.3 is 10.1 Å². The van der Waals surface area contributed by atoms with Gasteiger partial charge in [-0.25, -0.2) is 14.0 Å². The number of esters is 1. The van der Waals surface area contributed by atoms with Crippen LogP contribution in [0.15, 0.2) is 24.4 Å². The van der Waals surface area contributed by atoms with Crippen LogP contribution in [0.25, 0.3) is 11.3 Å².